The number of sulfonamides is 1. The zero-order valence-electron chi connectivity index (χ0n) is 17.9. The van der Waals surface area contributed by atoms with Crippen LogP contribution >= 0.6 is 0 Å². The Balaban J connectivity index is 1.59. The molecule has 0 saturated carbocycles. The fourth-order valence-electron chi connectivity index (χ4n) is 3.32. The van der Waals surface area contributed by atoms with Crippen LogP contribution in [-0.2, 0) is 19.6 Å². The van der Waals surface area contributed by atoms with Crippen molar-refractivity contribution < 1.29 is 32.0 Å². The van der Waals surface area contributed by atoms with Crippen molar-refractivity contribution in [1.29, 1.82) is 0 Å². The van der Waals surface area contributed by atoms with E-state index in [1.165, 1.54) is 40.9 Å². The van der Waals surface area contributed by atoms with Crippen LogP contribution in [0.1, 0.15) is 47.6 Å². The number of hydrogen-bond acceptors (Lipinski definition) is 7. The molecule has 1 amide bonds. The molecule has 1 saturated heterocycles. The van der Waals surface area contributed by atoms with Crippen molar-refractivity contribution in [3.8, 4) is 0 Å². The number of amides is 1. The van der Waals surface area contributed by atoms with Gasteiger partial charge in [-0.25, -0.2) is 13.2 Å². The van der Waals surface area contributed by atoms with Gasteiger partial charge in [0.15, 0.2) is 18.2 Å². The van der Waals surface area contributed by atoms with Crippen molar-refractivity contribution in [2.45, 2.75) is 37.6 Å². The summed E-state index contributed by atoms with van der Waals surface area (Å²) in [5.41, 5.74) is 0.221. The summed E-state index contributed by atoms with van der Waals surface area (Å²) in [4.78, 5) is 37.2. The van der Waals surface area contributed by atoms with E-state index >= 15 is 0 Å². The van der Waals surface area contributed by atoms with Gasteiger partial charge in [-0.3, -0.25) is 9.59 Å². The van der Waals surface area contributed by atoms with Gasteiger partial charge < -0.3 is 14.5 Å². The summed E-state index contributed by atoms with van der Waals surface area (Å²) in [5, 5.41) is 2.54. The van der Waals surface area contributed by atoms with Crippen molar-refractivity contribution in [1.82, 2.24) is 9.62 Å². The molecule has 0 unspecified atom stereocenters. The number of Topliss-reactive ketones (excluding diaryl/α,β-unsaturated/α-hetero) is 1. The molecule has 1 aromatic carbocycles. The fraction of sp³-hybridized carbons (Fsp3) is 0.409. The zero-order chi connectivity index (χ0) is 23.3. The minimum atomic E-state index is -3.57. The molecule has 9 nitrogen and oxygen atoms in total. The first kappa shape index (κ1) is 23.7. The SMILES string of the molecule is CC(C)[C@H](NC(=O)c1ccco1)C(=O)OCC(=O)c1ccc(S(=O)(=O)N2CCCC2)cc1. The molecule has 1 N–H and O–H groups in total. The molecule has 32 heavy (non-hydrogen) atoms. The Bertz CT molecular complexity index is 1050. The number of carbonyl (C=O) groups excluding carboxylic acids is 3. The molecule has 1 aromatic heterocycles. The summed E-state index contributed by atoms with van der Waals surface area (Å²) < 4.78 is 36.7. The lowest BCUT2D eigenvalue weighted by atomic mass is 10.0. The monoisotopic (exact) mass is 462 g/mol. The maximum absolute atomic E-state index is 12.6. The maximum atomic E-state index is 12.6. The van der Waals surface area contributed by atoms with Crippen LogP contribution in [0.3, 0.4) is 0 Å². The van der Waals surface area contributed by atoms with E-state index in [9.17, 15) is 22.8 Å². The highest BCUT2D eigenvalue weighted by Crippen LogP contribution is 2.21. The van der Waals surface area contributed by atoms with Gasteiger partial charge in [0.2, 0.25) is 10.0 Å². The van der Waals surface area contributed by atoms with Gasteiger partial charge in [0.1, 0.15) is 6.04 Å². The highest BCUT2D eigenvalue weighted by Gasteiger charge is 2.29. The third-order valence-corrected chi connectivity index (χ3v) is 7.09. The molecule has 2 heterocycles. The summed E-state index contributed by atoms with van der Waals surface area (Å²) >= 11 is 0. The summed E-state index contributed by atoms with van der Waals surface area (Å²) in [7, 11) is -3.57. The van der Waals surface area contributed by atoms with Crippen LogP contribution in [-0.4, -0.2) is 56.1 Å². The van der Waals surface area contributed by atoms with Gasteiger partial charge in [0, 0.05) is 18.7 Å². The van der Waals surface area contributed by atoms with Crippen LogP contribution < -0.4 is 5.32 Å². The molecule has 0 spiro atoms. The number of furan rings is 1. The normalized spacial score (nSPS) is 15.5. The van der Waals surface area contributed by atoms with Crippen LogP contribution in [0.15, 0.2) is 52.0 Å². The minimum Gasteiger partial charge on any atom is -0.459 e. The molecule has 1 aliphatic heterocycles. The number of nitrogens with zero attached hydrogens (tertiary/aromatic N) is 1. The molecule has 1 fully saturated rings. The average molecular weight is 463 g/mol. The largest absolute Gasteiger partial charge is 0.459 e. The Kier molecular flexibility index (Phi) is 7.47. The highest BCUT2D eigenvalue weighted by molar-refractivity contribution is 7.89. The van der Waals surface area contributed by atoms with Crippen LogP contribution in [0.5, 0.6) is 0 Å². The molecular formula is C22H26N2O7S. The number of carbonyl (C=O) groups is 3. The molecule has 0 radical (unpaired) electrons. The maximum Gasteiger partial charge on any atom is 0.329 e. The molecule has 1 atom stereocenters. The molecule has 10 heteroatoms. The molecule has 0 aliphatic carbocycles. The van der Waals surface area contributed by atoms with E-state index in [2.05, 4.69) is 5.32 Å². The van der Waals surface area contributed by atoms with Crippen LogP contribution in [0.2, 0.25) is 0 Å². The first-order valence-corrected chi connectivity index (χ1v) is 11.8. The molecule has 0 bridgehead atoms. The third-order valence-electron chi connectivity index (χ3n) is 5.18. The first-order chi connectivity index (χ1) is 15.2. The number of rotatable bonds is 9. The van der Waals surface area contributed by atoms with E-state index in [1.54, 1.807) is 19.9 Å². The van der Waals surface area contributed by atoms with Crippen LogP contribution in [0.4, 0.5) is 0 Å². The number of ketones is 1. The smallest absolute Gasteiger partial charge is 0.329 e. The van der Waals surface area contributed by atoms with Crippen molar-refractivity contribution >= 4 is 27.7 Å². The van der Waals surface area contributed by atoms with Gasteiger partial charge in [0.25, 0.3) is 5.91 Å². The summed E-state index contributed by atoms with van der Waals surface area (Å²) in [5.74, 6) is -2.02. The van der Waals surface area contributed by atoms with E-state index in [-0.39, 0.29) is 22.1 Å². The van der Waals surface area contributed by atoms with E-state index < -0.39 is 40.3 Å². The van der Waals surface area contributed by atoms with Crippen molar-refractivity contribution in [2.75, 3.05) is 19.7 Å². The van der Waals surface area contributed by atoms with Gasteiger partial charge in [0.05, 0.1) is 11.2 Å². The van der Waals surface area contributed by atoms with E-state index in [0.717, 1.165) is 12.8 Å². The number of esters is 1. The molecule has 1 aliphatic rings. The second-order valence-corrected chi connectivity index (χ2v) is 9.78. The Morgan fingerprint density at radius 3 is 2.31 bits per heavy atom. The van der Waals surface area contributed by atoms with E-state index in [1.807, 2.05) is 0 Å². The van der Waals surface area contributed by atoms with Gasteiger partial charge in [-0.2, -0.15) is 4.31 Å². The third kappa shape index (κ3) is 5.43. The van der Waals surface area contributed by atoms with E-state index in [4.69, 9.17) is 9.15 Å². The first-order valence-electron chi connectivity index (χ1n) is 10.3. The zero-order valence-corrected chi connectivity index (χ0v) is 18.8. The molecule has 3 rings (SSSR count). The van der Waals surface area contributed by atoms with E-state index in [0.29, 0.717) is 13.1 Å². The lowest BCUT2D eigenvalue weighted by molar-refractivity contribution is -0.145. The lowest BCUT2D eigenvalue weighted by Crippen LogP contribution is -2.45. The second-order valence-electron chi connectivity index (χ2n) is 7.84. The quantitative estimate of drug-likeness (QED) is 0.448. The number of nitrogens with one attached hydrogen (secondary N) is 1. The van der Waals surface area contributed by atoms with Crippen molar-refractivity contribution in [3.05, 3.63) is 54.0 Å². The lowest BCUT2D eigenvalue weighted by Gasteiger charge is -2.20. The average Bonchev–Trinajstić information content (AvgIpc) is 3.50. The van der Waals surface area contributed by atoms with Gasteiger partial charge in [-0.1, -0.05) is 13.8 Å². The molecular weight excluding hydrogens is 436 g/mol. The highest BCUT2D eigenvalue weighted by atomic mass is 32.2. The summed E-state index contributed by atoms with van der Waals surface area (Å²) in [6.45, 7) is 3.92. The van der Waals surface area contributed by atoms with Crippen LogP contribution in [0.25, 0.3) is 0 Å². The van der Waals surface area contributed by atoms with Crippen molar-refractivity contribution in [3.63, 3.8) is 0 Å². The minimum absolute atomic E-state index is 0.0588. The Labute approximate surface area is 186 Å². The Hall–Kier alpha value is -2.98. The number of benzene rings is 1. The summed E-state index contributed by atoms with van der Waals surface area (Å²) in [6, 6.07) is 7.61. The topological polar surface area (TPSA) is 123 Å². The van der Waals surface area contributed by atoms with Gasteiger partial charge >= 0.3 is 5.97 Å². The molecule has 2 aromatic rings. The Morgan fingerprint density at radius 1 is 1.09 bits per heavy atom. The predicted octanol–water partition coefficient (Wildman–Crippen LogP) is 2.24. The Morgan fingerprint density at radius 2 is 1.75 bits per heavy atom. The van der Waals surface area contributed by atoms with Gasteiger partial charge in [-0.15, -0.1) is 0 Å². The summed E-state index contributed by atoms with van der Waals surface area (Å²) in [6.07, 6.45) is 3.01. The number of hydrogen-bond donors (Lipinski definition) is 1. The number of ether oxygens (including phenoxy) is 1. The molecule has 172 valence electrons. The van der Waals surface area contributed by atoms with Crippen LogP contribution in [0, 0.1) is 5.92 Å². The van der Waals surface area contributed by atoms with Gasteiger partial charge in [-0.05, 0) is 55.2 Å². The standard InChI is InChI=1S/C22H26N2O7S/c1-15(2)20(23-21(26)19-6-5-13-30-19)22(27)31-14-18(25)16-7-9-17(10-8-16)32(28,29)24-11-3-4-12-24/h5-10,13,15,20H,3-4,11-12,14H2,1-2H3,(H,23,26)/t20-/m0/s1. The second kappa shape index (κ2) is 10.1. The predicted molar refractivity (Wildman–Crippen MR) is 115 cm³/mol. The van der Waals surface area contributed by atoms with Crippen molar-refractivity contribution in [2.24, 2.45) is 5.92 Å². The fourth-order valence-corrected chi connectivity index (χ4v) is 4.84.